The van der Waals surface area contributed by atoms with Crippen molar-refractivity contribution in [1.29, 1.82) is 0 Å². The van der Waals surface area contributed by atoms with Crippen LogP contribution in [0.3, 0.4) is 0 Å². The Bertz CT molecular complexity index is 722. The molecule has 5 nitrogen and oxygen atoms in total. The quantitative estimate of drug-likeness (QED) is 0.805. The fourth-order valence-electron chi connectivity index (χ4n) is 2.68. The smallest absolute Gasteiger partial charge is 0.249 e. The number of carbonyl (C=O) groups excluding carboxylic acids is 1. The summed E-state index contributed by atoms with van der Waals surface area (Å²) in [6, 6.07) is 9.26. The third-order valence-electron chi connectivity index (χ3n) is 3.99. The molecule has 0 atom stereocenters. The average molecular weight is 343 g/mol. The summed E-state index contributed by atoms with van der Waals surface area (Å²) < 4.78 is 0. The number of hydrogen-bond donors (Lipinski definition) is 0. The van der Waals surface area contributed by atoms with Gasteiger partial charge in [-0.25, -0.2) is 9.97 Å². The van der Waals surface area contributed by atoms with Gasteiger partial charge >= 0.3 is 0 Å². The minimum absolute atomic E-state index is 0.0681. The van der Waals surface area contributed by atoms with Gasteiger partial charge in [0.05, 0.1) is 0 Å². The number of anilines is 1. The minimum Gasteiger partial charge on any atom is -0.337 e. The van der Waals surface area contributed by atoms with E-state index in [9.17, 15) is 4.79 Å². The normalized spacial score (nSPS) is 15.5. The van der Waals surface area contributed by atoms with Crippen LogP contribution in [0.5, 0.6) is 0 Å². The molecule has 0 unspecified atom stereocenters. The first-order valence-corrected chi connectivity index (χ1v) is 8.26. The van der Waals surface area contributed by atoms with Crippen molar-refractivity contribution >= 4 is 29.5 Å². The van der Waals surface area contributed by atoms with Gasteiger partial charge in [0.1, 0.15) is 0 Å². The summed E-state index contributed by atoms with van der Waals surface area (Å²) in [7, 11) is 0. The lowest BCUT2D eigenvalue weighted by atomic mass is 10.1. The standard InChI is InChI=1S/C18H19ClN4O/c1-14(13-15-3-5-16(19)6-4-15)17(24)22-9-11-23(12-10-22)18-20-7-2-8-21-18/h2-8,13H,9-12H2,1H3/b14-13+. The number of aromatic nitrogens is 2. The highest BCUT2D eigenvalue weighted by Gasteiger charge is 2.23. The molecular weight excluding hydrogens is 324 g/mol. The number of rotatable bonds is 3. The summed E-state index contributed by atoms with van der Waals surface area (Å²) in [6.45, 7) is 4.67. The van der Waals surface area contributed by atoms with Gasteiger partial charge in [0.25, 0.3) is 0 Å². The molecule has 0 bridgehead atoms. The molecule has 1 aliphatic rings. The van der Waals surface area contributed by atoms with Crippen LogP contribution in [-0.4, -0.2) is 47.0 Å². The molecule has 1 aromatic carbocycles. The van der Waals surface area contributed by atoms with E-state index in [1.165, 1.54) is 0 Å². The molecule has 0 saturated carbocycles. The van der Waals surface area contributed by atoms with Gasteiger partial charge in [0.15, 0.2) is 0 Å². The molecule has 124 valence electrons. The molecule has 0 spiro atoms. The van der Waals surface area contributed by atoms with Gasteiger partial charge < -0.3 is 9.80 Å². The Hall–Kier alpha value is -2.40. The van der Waals surface area contributed by atoms with Crippen molar-refractivity contribution in [2.45, 2.75) is 6.92 Å². The summed E-state index contributed by atoms with van der Waals surface area (Å²) >= 11 is 5.89. The van der Waals surface area contributed by atoms with Gasteiger partial charge in [0, 0.05) is 49.2 Å². The molecule has 24 heavy (non-hydrogen) atoms. The van der Waals surface area contributed by atoms with Gasteiger partial charge in [-0.15, -0.1) is 0 Å². The van der Waals surface area contributed by atoms with Gasteiger partial charge in [-0.1, -0.05) is 23.7 Å². The van der Waals surface area contributed by atoms with E-state index in [0.717, 1.165) is 30.2 Å². The number of piperazine rings is 1. The van der Waals surface area contributed by atoms with Crippen molar-refractivity contribution in [1.82, 2.24) is 14.9 Å². The van der Waals surface area contributed by atoms with Gasteiger partial charge in [-0.3, -0.25) is 4.79 Å². The first-order chi connectivity index (χ1) is 11.6. The molecule has 1 aliphatic heterocycles. The highest BCUT2D eigenvalue weighted by atomic mass is 35.5. The van der Waals surface area contributed by atoms with E-state index >= 15 is 0 Å². The Kier molecular flexibility index (Phi) is 5.11. The van der Waals surface area contributed by atoms with Crippen LogP contribution in [0.4, 0.5) is 5.95 Å². The summed E-state index contributed by atoms with van der Waals surface area (Å²) in [5.41, 5.74) is 1.70. The van der Waals surface area contributed by atoms with Crippen LogP contribution in [0.25, 0.3) is 6.08 Å². The van der Waals surface area contributed by atoms with Gasteiger partial charge in [0.2, 0.25) is 11.9 Å². The molecule has 2 aromatic rings. The first-order valence-electron chi connectivity index (χ1n) is 7.88. The second kappa shape index (κ2) is 7.45. The van der Waals surface area contributed by atoms with Gasteiger partial charge in [-0.05, 0) is 36.8 Å². The van der Waals surface area contributed by atoms with Crippen molar-refractivity contribution in [2.75, 3.05) is 31.1 Å². The fraction of sp³-hybridized carbons (Fsp3) is 0.278. The Morgan fingerprint density at radius 1 is 1.08 bits per heavy atom. The number of hydrogen-bond acceptors (Lipinski definition) is 4. The van der Waals surface area contributed by atoms with Crippen molar-refractivity contribution in [3.63, 3.8) is 0 Å². The number of carbonyl (C=O) groups is 1. The molecule has 2 heterocycles. The maximum atomic E-state index is 12.6. The zero-order chi connectivity index (χ0) is 16.9. The van der Waals surface area contributed by atoms with E-state index in [4.69, 9.17) is 11.6 Å². The molecule has 0 aliphatic carbocycles. The molecule has 1 aromatic heterocycles. The number of halogens is 1. The molecule has 1 saturated heterocycles. The zero-order valence-electron chi connectivity index (χ0n) is 13.5. The molecule has 0 radical (unpaired) electrons. The summed E-state index contributed by atoms with van der Waals surface area (Å²) in [5, 5.41) is 0.690. The Morgan fingerprint density at radius 2 is 1.71 bits per heavy atom. The molecule has 3 rings (SSSR count). The molecular formula is C18H19ClN4O. The monoisotopic (exact) mass is 342 g/mol. The van der Waals surface area contributed by atoms with E-state index < -0.39 is 0 Å². The lowest BCUT2D eigenvalue weighted by molar-refractivity contribution is -0.127. The largest absolute Gasteiger partial charge is 0.337 e. The fourth-order valence-corrected chi connectivity index (χ4v) is 2.81. The number of amides is 1. The third kappa shape index (κ3) is 3.92. The maximum Gasteiger partial charge on any atom is 0.249 e. The predicted molar refractivity (Wildman–Crippen MR) is 95.9 cm³/mol. The van der Waals surface area contributed by atoms with E-state index in [2.05, 4.69) is 14.9 Å². The van der Waals surface area contributed by atoms with Crippen LogP contribution in [0.15, 0.2) is 48.3 Å². The SMILES string of the molecule is C/C(=C\c1ccc(Cl)cc1)C(=O)N1CCN(c2ncccn2)CC1. The van der Waals surface area contributed by atoms with Crippen molar-refractivity contribution in [3.8, 4) is 0 Å². The van der Waals surface area contributed by atoms with E-state index in [1.807, 2.05) is 42.2 Å². The van der Waals surface area contributed by atoms with E-state index in [0.29, 0.717) is 18.1 Å². The number of benzene rings is 1. The summed E-state index contributed by atoms with van der Waals surface area (Å²) in [5.74, 6) is 0.789. The van der Waals surface area contributed by atoms with Crippen LogP contribution < -0.4 is 4.90 Å². The minimum atomic E-state index is 0.0681. The zero-order valence-corrected chi connectivity index (χ0v) is 14.3. The summed E-state index contributed by atoms with van der Waals surface area (Å²) in [4.78, 5) is 25.1. The van der Waals surface area contributed by atoms with E-state index in [1.54, 1.807) is 18.5 Å². The molecule has 1 fully saturated rings. The lowest BCUT2D eigenvalue weighted by Crippen LogP contribution is -2.49. The molecule has 1 amide bonds. The van der Waals surface area contributed by atoms with Crippen molar-refractivity contribution in [2.24, 2.45) is 0 Å². The van der Waals surface area contributed by atoms with Crippen LogP contribution in [-0.2, 0) is 4.79 Å². The molecule has 6 heteroatoms. The van der Waals surface area contributed by atoms with Crippen LogP contribution in [0, 0.1) is 0 Å². The Morgan fingerprint density at radius 3 is 2.33 bits per heavy atom. The predicted octanol–water partition coefficient (Wildman–Crippen LogP) is 2.88. The highest BCUT2D eigenvalue weighted by molar-refractivity contribution is 6.30. The second-order valence-corrected chi connectivity index (χ2v) is 6.14. The van der Waals surface area contributed by atoms with Gasteiger partial charge in [-0.2, -0.15) is 0 Å². The topological polar surface area (TPSA) is 49.3 Å². The first kappa shape index (κ1) is 16.5. The second-order valence-electron chi connectivity index (χ2n) is 5.71. The lowest BCUT2D eigenvalue weighted by Gasteiger charge is -2.34. The Balaban J connectivity index is 1.61. The van der Waals surface area contributed by atoms with Crippen LogP contribution in [0.2, 0.25) is 5.02 Å². The molecule has 0 N–H and O–H groups in total. The maximum absolute atomic E-state index is 12.6. The van der Waals surface area contributed by atoms with E-state index in [-0.39, 0.29) is 5.91 Å². The highest BCUT2D eigenvalue weighted by Crippen LogP contribution is 2.15. The Labute approximate surface area is 146 Å². The van der Waals surface area contributed by atoms with Crippen molar-refractivity contribution in [3.05, 3.63) is 58.9 Å². The van der Waals surface area contributed by atoms with Crippen LogP contribution >= 0.6 is 11.6 Å². The van der Waals surface area contributed by atoms with Crippen molar-refractivity contribution < 1.29 is 4.79 Å². The average Bonchev–Trinajstić information content (AvgIpc) is 2.64. The number of nitrogens with zero attached hydrogens (tertiary/aromatic N) is 4. The third-order valence-corrected chi connectivity index (χ3v) is 4.24. The summed E-state index contributed by atoms with van der Waals surface area (Å²) in [6.07, 6.45) is 5.36. The van der Waals surface area contributed by atoms with Crippen LogP contribution in [0.1, 0.15) is 12.5 Å².